The fraction of sp³-hybridized carbons (Fsp3) is 0.167. The molecule has 29 heavy (non-hydrogen) atoms. The van der Waals surface area contributed by atoms with Crippen LogP contribution in [0.4, 0.5) is 0 Å². The van der Waals surface area contributed by atoms with Crippen molar-refractivity contribution in [1.82, 2.24) is 14.1 Å². The van der Waals surface area contributed by atoms with E-state index in [4.69, 9.17) is 4.98 Å². The normalized spacial score (nSPS) is 11.1. The minimum absolute atomic E-state index is 0.113. The van der Waals surface area contributed by atoms with E-state index in [-0.39, 0.29) is 5.78 Å². The number of nitrogens with zero attached hydrogens (tertiary/aromatic N) is 3. The molecule has 2 aromatic carbocycles. The molecule has 0 amide bonds. The topological polar surface area (TPSA) is 39.8 Å². The molecule has 4 rings (SSSR count). The van der Waals surface area contributed by atoms with Crippen LogP contribution in [0.5, 0.6) is 0 Å². The lowest BCUT2D eigenvalue weighted by molar-refractivity contribution is 0.102. The third-order valence-corrected chi connectivity index (χ3v) is 5.99. The maximum atomic E-state index is 13.0. The van der Waals surface area contributed by atoms with Crippen LogP contribution in [0.15, 0.2) is 78.5 Å². The number of benzene rings is 2. The van der Waals surface area contributed by atoms with Gasteiger partial charge in [0, 0.05) is 29.2 Å². The summed E-state index contributed by atoms with van der Waals surface area (Å²) in [7, 11) is 0. The largest absolute Gasteiger partial charge is 0.318 e. The highest BCUT2D eigenvalue weighted by molar-refractivity contribution is 7.99. The van der Waals surface area contributed by atoms with E-state index in [0.717, 1.165) is 38.8 Å². The molecule has 0 radical (unpaired) electrons. The Morgan fingerprint density at radius 1 is 1.10 bits per heavy atom. The number of imidazole rings is 1. The Labute approximate surface area is 174 Å². The van der Waals surface area contributed by atoms with Crippen LogP contribution in [0.3, 0.4) is 0 Å². The van der Waals surface area contributed by atoms with Crippen molar-refractivity contribution in [2.75, 3.05) is 5.75 Å². The van der Waals surface area contributed by atoms with Crippen molar-refractivity contribution in [3.8, 4) is 5.69 Å². The van der Waals surface area contributed by atoms with Gasteiger partial charge in [-0.25, -0.2) is 4.98 Å². The number of thioether (sulfide) groups is 1. The Morgan fingerprint density at radius 3 is 2.59 bits per heavy atom. The molecule has 0 N–H and O–H groups in total. The summed E-state index contributed by atoms with van der Waals surface area (Å²) >= 11 is 1.48. The molecule has 0 spiro atoms. The number of hydrogen-bond donors (Lipinski definition) is 0. The Morgan fingerprint density at radius 2 is 1.83 bits per heavy atom. The number of ketones is 1. The SMILES string of the molecule is C=CCn1c(SCC(=O)c2cc(C)n(-c3ccccc3)c2C)nc2ccccc21. The van der Waals surface area contributed by atoms with Gasteiger partial charge in [-0.15, -0.1) is 6.58 Å². The van der Waals surface area contributed by atoms with Crippen molar-refractivity contribution >= 4 is 28.6 Å². The molecule has 5 heteroatoms. The highest BCUT2D eigenvalue weighted by atomic mass is 32.2. The van der Waals surface area contributed by atoms with E-state index >= 15 is 0 Å². The zero-order valence-electron chi connectivity index (χ0n) is 16.6. The van der Waals surface area contributed by atoms with Crippen molar-refractivity contribution in [3.63, 3.8) is 0 Å². The number of rotatable bonds is 7. The number of carbonyl (C=O) groups excluding carboxylic acids is 1. The number of hydrogen-bond acceptors (Lipinski definition) is 3. The molecule has 0 saturated heterocycles. The number of aromatic nitrogens is 3. The van der Waals surface area contributed by atoms with Gasteiger partial charge in [0.05, 0.1) is 16.8 Å². The molecule has 0 aliphatic heterocycles. The van der Waals surface area contributed by atoms with Crippen molar-refractivity contribution in [2.45, 2.75) is 25.5 Å². The van der Waals surface area contributed by atoms with E-state index in [1.165, 1.54) is 11.8 Å². The van der Waals surface area contributed by atoms with Crippen LogP contribution in [0, 0.1) is 13.8 Å². The minimum atomic E-state index is 0.113. The molecule has 4 nitrogen and oxygen atoms in total. The zero-order chi connectivity index (χ0) is 20.4. The van der Waals surface area contributed by atoms with Crippen molar-refractivity contribution in [1.29, 1.82) is 0 Å². The molecule has 0 aliphatic rings. The lowest BCUT2D eigenvalue weighted by atomic mass is 10.2. The number of para-hydroxylation sites is 3. The molecule has 4 aromatic rings. The molecule has 0 atom stereocenters. The first-order valence-corrected chi connectivity index (χ1v) is 10.5. The lowest BCUT2D eigenvalue weighted by Crippen LogP contribution is -2.07. The average Bonchev–Trinajstić information content (AvgIpc) is 3.24. The summed E-state index contributed by atoms with van der Waals surface area (Å²) in [6.07, 6.45) is 1.85. The number of allylic oxidation sites excluding steroid dienone is 1. The average molecular weight is 402 g/mol. The van der Waals surface area contributed by atoms with Gasteiger partial charge in [-0.2, -0.15) is 0 Å². The monoisotopic (exact) mass is 401 g/mol. The summed E-state index contributed by atoms with van der Waals surface area (Å²) in [5.41, 5.74) is 5.86. The van der Waals surface area contributed by atoms with Crippen LogP contribution in [0.2, 0.25) is 0 Å². The molecule has 0 unspecified atom stereocenters. The maximum absolute atomic E-state index is 13.0. The summed E-state index contributed by atoms with van der Waals surface area (Å²) in [5, 5.41) is 0.844. The molecule has 146 valence electrons. The van der Waals surface area contributed by atoms with Gasteiger partial charge >= 0.3 is 0 Å². The molecular weight excluding hydrogens is 378 g/mol. The van der Waals surface area contributed by atoms with Crippen LogP contribution in [-0.4, -0.2) is 25.7 Å². The lowest BCUT2D eigenvalue weighted by Gasteiger charge is -2.09. The molecule has 0 aliphatic carbocycles. The molecule has 0 saturated carbocycles. The third-order valence-electron chi connectivity index (χ3n) is 5.01. The third kappa shape index (κ3) is 3.66. The standard InChI is InChI=1S/C24H23N3OS/c1-4-14-26-22-13-9-8-12-21(22)25-24(26)29-16-23(28)20-15-17(2)27(18(20)3)19-10-6-5-7-11-19/h4-13,15H,1,14,16H2,2-3H3. The number of Topliss-reactive ketones (excluding diaryl/α,β-unsaturated/α-hetero) is 1. The fourth-order valence-corrected chi connectivity index (χ4v) is 4.60. The van der Waals surface area contributed by atoms with E-state index in [0.29, 0.717) is 12.3 Å². The second kappa shape index (κ2) is 8.13. The van der Waals surface area contributed by atoms with Crippen LogP contribution < -0.4 is 0 Å². The van der Waals surface area contributed by atoms with Gasteiger partial charge in [0.15, 0.2) is 10.9 Å². The van der Waals surface area contributed by atoms with Gasteiger partial charge in [0.1, 0.15) is 0 Å². The van der Waals surface area contributed by atoms with E-state index in [2.05, 4.69) is 27.8 Å². The Kier molecular flexibility index (Phi) is 5.41. The Hall–Kier alpha value is -3.05. The zero-order valence-corrected chi connectivity index (χ0v) is 17.4. The van der Waals surface area contributed by atoms with Gasteiger partial charge in [-0.3, -0.25) is 4.79 Å². The summed E-state index contributed by atoms with van der Waals surface area (Å²) in [6.45, 7) is 8.56. The first-order chi connectivity index (χ1) is 14.1. The number of aryl methyl sites for hydroxylation is 1. The first kappa shape index (κ1) is 19.3. The first-order valence-electron chi connectivity index (χ1n) is 9.56. The van der Waals surface area contributed by atoms with Crippen LogP contribution in [0.25, 0.3) is 16.7 Å². The van der Waals surface area contributed by atoms with Crippen molar-refractivity contribution in [3.05, 3.63) is 90.3 Å². The quantitative estimate of drug-likeness (QED) is 0.230. The van der Waals surface area contributed by atoms with Gasteiger partial charge in [-0.05, 0) is 44.2 Å². The molecule has 2 aromatic heterocycles. The van der Waals surface area contributed by atoms with Gasteiger partial charge in [0.2, 0.25) is 0 Å². The Bertz CT molecular complexity index is 1190. The predicted molar refractivity (Wildman–Crippen MR) is 120 cm³/mol. The fourth-order valence-electron chi connectivity index (χ4n) is 3.70. The van der Waals surface area contributed by atoms with Gasteiger partial charge in [0.25, 0.3) is 0 Å². The van der Waals surface area contributed by atoms with E-state index in [1.807, 2.05) is 68.5 Å². The molecule has 2 heterocycles. The van der Waals surface area contributed by atoms with E-state index < -0.39 is 0 Å². The van der Waals surface area contributed by atoms with Crippen LogP contribution >= 0.6 is 11.8 Å². The summed E-state index contributed by atoms with van der Waals surface area (Å²) < 4.78 is 4.23. The molecule has 0 bridgehead atoms. The van der Waals surface area contributed by atoms with Gasteiger partial charge < -0.3 is 9.13 Å². The van der Waals surface area contributed by atoms with Crippen LogP contribution in [-0.2, 0) is 6.54 Å². The van der Waals surface area contributed by atoms with Gasteiger partial charge in [-0.1, -0.05) is 48.2 Å². The maximum Gasteiger partial charge on any atom is 0.175 e. The summed E-state index contributed by atoms with van der Waals surface area (Å²) in [6, 6.07) is 20.1. The highest BCUT2D eigenvalue weighted by Gasteiger charge is 2.18. The van der Waals surface area contributed by atoms with Crippen molar-refractivity contribution < 1.29 is 4.79 Å². The molecular formula is C24H23N3OS. The second-order valence-electron chi connectivity index (χ2n) is 6.95. The van der Waals surface area contributed by atoms with Crippen molar-refractivity contribution in [2.24, 2.45) is 0 Å². The van der Waals surface area contributed by atoms with Crippen LogP contribution in [0.1, 0.15) is 21.7 Å². The Balaban J connectivity index is 1.59. The van der Waals surface area contributed by atoms with E-state index in [1.54, 1.807) is 0 Å². The number of carbonyl (C=O) groups is 1. The summed E-state index contributed by atoms with van der Waals surface area (Å²) in [5.74, 6) is 0.460. The minimum Gasteiger partial charge on any atom is -0.318 e. The smallest absolute Gasteiger partial charge is 0.175 e. The van der Waals surface area contributed by atoms with E-state index in [9.17, 15) is 4.79 Å². The summed E-state index contributed by atoms with van der Waals surface area (Å²) in [4.78, 5) is 17.7. The predicted octanol–water partition coefficient (Wildman–Crippen LogP) is 5.60. The molecule has 0 fully saturated rings. The second-order valence-corrected chi connectivity index (χ2v) is 7.89. The highest BCUT2D eigenvalue weighted by Crippen LogP contribution is 2.27. The number of fused-ring (bicyclic) bond motifs is 1.